The van der Waals surface area contributed by atoms with Crippen LogP contribution in [0.5, 0.6) is 0 Å². The average molecular weight is 473 g/mol. The van der Waals surface area contributed by atoms with Crippen molar-refractivity contribution in [3.63, 3.8) is 0 Å². The Hall–Kier alpha value is -3.53. The first kappa shape index (κ1) is 22.7. The molecule has 172 valence electrons. The minimum atomic E-state index is -0.711. The molecule has 0 fully saturated rings. The Morgan fingerprint density at radius 3 is 2.79 bits per heavy atom. The monoisotopic (exact) mass is 472 g/mol. The Bertz CT molecular complexity index is 1300. The smallest absolute Gasteiger partial charge is 0.307 e. The highest BCUT2D eigenvalue weighted by Gasteiger charge is 2.30. The van der Waals surface area contributed by atoms with E-state index in [0.717, 1.165) is 0 Å². The molecule has 0 radical (unpaired) electrons. The molecule has 0 aromatic carbocycles. The van der Waals surface area contributed by atoms with Crippen molar-refractivity contribution in [2.45, 2.75) is 33.2 Å². The van der Waals surface area contributed by atoms with Crippen LogP contribution >= 0.6 is 11.6 Å². The summed E-state index contributed by atoms with van der Waals surface area (Å²) in [7, 11) is 1.31. The Kier molecular flexibility index (Phi) is 6.03. The molecule has 4 aromatic heterocycles. The van der Waals surface area contributed by atoms with Gasteiger partial charge in [0.2, 0.25) is 0 Å². The Balaban J connectivity index is 1.87. The molecule has 0 bridgehead atoms. The number of nitrogens with zero attached hydrogens (tertiary/aromatic N) is 4. The number of furan rings is 1. The van der Waals surface area contributed by atoms with E-state index in [1.54, 1.807) is 18.3 Å². The molecule has 4 rings (SSSR count). The fraction of sp³-hybridized carbons (Fsp3) is 0.318. The number of anilines is 1. The van der Waals surface area contributed by atoms with Gasteiger partial charge in [0, 0.05) is 12.2 Å². The molecular weight excluding hydrogens is 451 g/mol. The van der Waals surface area contributed by atoms with E-state index in [-0.39, 0.29) is 34.7 Å². The highest BCUT2D eigenvalue weighted by Crippen LogP contribution is 2.33. The lowest BCUT2D eigenvalue weighted by molar-refractivity contribution is -0.141. The second kappa shape index (κ2) is 8.78. The van der Waals surface area contributed by atoms with Crippen molar-refractivity contribution in [1.82, 2.24) is 24.9 Å². The van der Waals surface area contributed by atoms with Crippen LogP contribution in [0.3, 0.4) is 0 Å². The molecule has 33 heavy (non-hydrogen) atoms. The molecule has 9 nitrogen and oxygen atoms in total. The molecule has 0 aliphatic carbocycles. The molecule has 4 aromatic rings. The van der Waals surface area contributed by atoms with Crippen LogP contribution in [-0.2, 0) is 9.53 Å². The van der Waals surface area contributed by atoms with Gasteiger partial charge in [0.25, 0.3) is 0 Å². The Morgan fingerprint density at radius 2 is 2.12 bits per heavy atom. The number of hydrogen-bond acceptors (Lipinski definition) is 8. The second-order valence-corrected chi connectivity index (χ2v) is 8.86. The van der Waals surface area contributed by atoms with Gasteiger partial charge in [-0.1, -0.05) is 32.4 Å². The maximum absolute atomic E-state index is 15.6. The van der Waals surface area contributed by atoms with Crippen LogP contribution in [0, 0.1) is 11.2 Å². The summed E-state index contributed by atoms with van der Waals surface area (Å²) in [6.07, 6.45) is 4.48. The summed E-state index contributed by atoms with van der Waals surface area (Å²) in [5.41, 5.74) is 0.942. The van der Waals surface area contributed by atoms with Crippen molar-refractivity contribution >= 4 is 34.6 Å². The maximum atomic E-state index is 15.6. The van der Waals surface area contributed by atoms with Gasteiger partial charge >= 0.3 is 5.97 Å². The summed E-state index contributed by atoms with van der Waals surface area (Å²) in [6, 6.07) is 2.75. The number of nitrogens with one attached hydrogen (secondary N) is 2. The fourth-order valence-electron chi connectivity index (χ4n) is 3.27. The van der Waals surface area contributed by atoms with Crippen LogP contribution in [0.1, 0.15) is 27.2 Å². The molecule has 0 aliphatic rings. The van der Waals surface area contributed by atoms with Crippen LogP contribution in [0.15, 0.2) is 35.2 Å². The van der Waals surface area contributed by atoms with Gasteiger partial charge in [-0.3, -0.25) is 4.79 Å². The van der Waals surface area contributed by atoms with Gasteiger partial charge in [-0.25, -0.2) is 24.3 Å². The lowest BCUT2D eigenvalue weighted by atomic mass is 9.84. The number of methoxy groups -OCH3 is 1. The van der Waals surface area contributed by atoms with E-state index in [1.165, 1.54) is 19.6 Å². The lowest BCUT2D eigenvalue weighted by Crippen LogP contribution is -2.37. The van der Waals surface area contributed by atoms with Crippen molar-refractivity contribution in [2.75, 3.05) is 12.4 Å². The molecule has 0 saturated heterocycles. The number of carbonyl (C=O) groups is 1. The van der Waals surface area contributed by atoms with Crippen molar-refractivity contribution in [1.29, 1.82) is 0 Å². The molecule has 0 saturated carbocycles. The number of halogens is 2. The Labute approximate surface area is 193 Å². The molecule has 11 heteroatoms. The van der Waals surface area contributed by atoms with Crippen LogP contribution < -0.4 is 5.32 Å². The number of ether oxygens (including phenoxy) is 1. The molecule has 1 unspecified atom stereocenters. The number of esters is 1. The van der Waals surface area contributed by atoms with E-state index in [0.29, 0.717) is 16.7 Å². The number of aromatic nitrogens is 5. The SMILES string of the molecule is COC(=O)CC(Nc1nc(-c2c[nH]c3ncc(Cl)nc23)nc(-c2ccco2)c1F)C(C)(C)C. The van der Waals surface area contributed by atoms with Gasteiger partial charge in [0.05, 0.1) is 31.6 Å². The lowest BCUT2D eigenvalue weighted by Gasteiger charge is -2.31. The number of hydrogen-bond donors (Lipinski definition) is 2. The summed E-state index contributed by atoms with van der Waals surface area (Å²) in [5, 5.41) is 3.27. The first-order valence-electron chi connectivity index (χ1n) is 10.1. The first-order valence-corrected chi connectivity index (χ1v) is 10.5. The molecule has 0 amide bonds. The van der Waals surface area contributed by atoms with Gasteiger partial charge in [-0.05, 0) is 17.5 Å². The third-order valence-corrected chi connectivity index (χ3v) is 5.34. The highest BCUT2D eigenvalue weighted by molar-refractivity contribution is 6.29. The number of carbonyl (C=O) groups excluding carboxylic acids is 1. The van der Waals surface area contributed by atoms with E-state index in [4.69, 9.17) is 20.8 Å². The summed E-state index contributed by atoms with van der Waals surface area (Å²) >= 11 is 6.03. The molecular formula is C22H22ClFN6O3. The van der Waals surface area contributed by atoms with E-state index >= 15 is 4.39 Å². The first-order chi connectivity index (χ1) is 15.7. The minimum Gasteiger partial charge on any atom is -0.469 e. The standard InChI is InChI=1S/C22H22ClFN6O3/c1-22(2,3)13(8-15(31)32-4)27-20-16(24)18(12-6-5-7-33-12)29-19(30-20)11-9-25-21-17(11)28-14(23)10-26-21/h5-7,9-10,13H,8H2,1-4H3,(H,25,26)(H,27,29,30). The van der Waals surface area contributed by atoms with Crippen LogP contribution in [0.4, 0.5) is 10.2 Å². The largest absolute Gasteiger partial charge is 0.469 e. The van der Waals surface area contributed by atoms with Crippen molar-refractivity contribution in [2.24, 2.45) is 5.41 Å². The summed E-state index contributed by atoms with van der Waals surface area (Å²) < 4.78 is 25.8. The summed E-state index contributed by atoms with van der Waals surface area (Å²) in [5.74, 6) is -0.816. The van der Waals surface area contributed by atoms with Gasteiger partial charge < -0.3 is 19.5 Å². The second-order valence-electron chi connectivity index (χ2n) is 8.47. The van der Waals surface area contributed by atoms with Crippen LogP contribution in [-0.4, -0.2) is 44.0 Å². The average Bonchev–Trinajstić information content (AvgIpc) is 3.43. The van der Waals surface area contributed by atoms with Crippen LogP contribution in [0.25, 0.3) is 34.0 Å². The molecule has 0 aliphatic heterocycles. The fourth-order valence-corrected chi connectivity index (χ4v) is 3.40. The number of rotatable bonds is 6. The van der Waals surface area contributed by atoms with E-state index in [1.807, 2.05) is 20.8 Å². The highest BCUT2D eigenvalue weighted by atomic mass is 35.5. The third-order valence-electron chi connectivity index (χ3n) is 5.15. The summed E-state index contributed by atoms with van der Waals surface area (Å²) in [4.78, 5) is 32.3. The molecule has 2 N–H and O–H groups in total. The predicted molar refractivity (Wildman–Crippen MR) is 121 cm³/mol. The minimum absolute atomic E-state index is 0.0169. The van der Waals surface area contributed by atoms with E-state index in [9.17, 15) is 4.79 Å². The van der Waals surface area contributed by atoms with Crippen molar-refractivity contribution in [3.8, 4) is 22.8 Å². The number of fused-ring (bicyclic) bond motifs is 1. The zero-order valence-corrected chi connectivity index (χ0v) is 19.2. The number of H-pyrrole nitrogens is 1. The quantitative estimate of drug-likeness (QED) is 0.382. The number of aromatic amines is 1. The van der Waals surface area contributed by atoms with E-state index < -0.39 is 23.2 Å². The van der Waals surface area contributed by atoms with Crippen molar-refractivity contribution < 1.29 is 18.3 Å². The van der Waals surface area contributed by atoms with E-state index in [2.05, 4.69) is 30.2 Å². The molecule has 1 atom stereocenters. The van der Waals surface area contributed by atoms with Gasteiger partial charge in [0.15, 0.2) is 28.9 Å². The van der Waals surface area contributed by atoms with Gasteiger partial charge in [-0.15, -0.1) is 0 Å². The third kappa shape index (κ3) is 4.65. The molecule has 4 heterocycles. The normalized spacial score (nSPS) is 12.7. The van der Waals surface area contributed by atoms with Gasteiger partial charge in [-0.2, -0.15) is 0 Å². The zero-order chi connectivity index (χ0) is 23.8. The van der Waals surface area contributed by atoms with Crippen LogP contribution in [0.2, 0.25) is 5.15 Å². The Morgan fingerprint density at radius 1 is 1.33 bits per heavy atom. The molecule has 0 spiro atoms. The zero-order valence-electron chi connectivity index (χ0n) is 18.4. The predicted octanol–water partition coefficient (Wildman–Crippen LogP) is 4.86. The topological polar surface area (TPSA) is 119 Å². The van der Waals surface area contributed by atoms with Crippen molar-refractivity contribution in [3.05, 3.63) is 41.8 Å². The summed E-state index contributed by atoms with van der Waals surface area (Å²) in [6.45, 7) is 5.79. The van der Waals surface area contributed by atoms with Gasteiger partial charge in [0.1, 0.15) is 16.4 Å². The maximum Gasteiger partial charge on any atom is 0.307 e.